The van der Waals surface area contributed by atoms with Gasteiger partial charge < -0.3 is 29.2 Å². The molecule has 0 spiro atoms. The monoisotopic (exact) mass is 597 g/mol. The molecule has 3 aliphatic rings. The van der Waals surface area contributed by atoms with Gasteiger partial charge in [-0.2, -0.15) is 23.1 Å². The van der Waals surface area contributed by atoms with Crippen LogP contribution < -0.4 is 14.5 Å². The number of aromatic nitrogens is 2. The first-order chi connectivity index (χ1) is 20.6. The Bertz CT molecular complexity index is 1380. The standard InChI is InChI=1S/C31H38F3N7O2/c1-5-28(42)41-16-15-40(18-22(41)17-35-2)29-23-13-14-39(27-11-7-6-10-24(27)31(32,33)34)19-25(23)36-30(37-29)43-20-21-9-8-12-26(21)38(3)4/h5-7,10-11,21-22,26H,1,8-9,12-20H2,3-4H3. The van der Waals surface area contributed by atoms with E-state index in [-0.39, 0.29) is 36.7 Å². The first-order valence-electron chi connectivity index (χ1n) is 14.7. The molecule has 1 saturated carbocycles. The number of anilines is 2. The summed E-state index contributed by atoms with van der Waals surface area (Å²) in [7, 11) is 4.14. The van der Waals surface area contributed by atoms with Crippen LogP contribution in [-0.2, 0) is 23.9 Å². The van der Waals surface area contributed by atoms with Crippen LogP contribution in [0.4, 0.5) is 24.7 Å². The molecule has 3 unspecified atom stereocenters. The van der Waals surface area contributed by atoms with Crippen molar-refractivity contribution in [3.63, 3.8) is 0 Å². The van der Waals surface area contributed by atoms with Gasteiger partial charge in [-0.25, -0.2) is 6.57 Å². The molecule has 2 fully saturated rings. The summed E-state index contributed by atoms with van der Waals surface area (Å²) in [4.78, 5) is 33.3. The van der Waals surface area contributed by atoms with Crippen LogP contribution in [0.1, 0.15) is 36.1 Å². The molecular weight excluding hydrogens is 559 g/mol. The number of hydrogen-bond donors (Lipinski definition) is 0. The summed E-state index contributed by atoms with van der Waals surface area (Å²) >= 11 is 0. The number of ether oxygens (including phenoxy) is 1. The highest BCUT2D eigenvalue weighted by atomic mass is 19.4. The molecule has 0 N–H and O–H groups in total. The predicted molar refractivity (Wildman–Crippen MR) is 158 cm³/mol. The molecule has 1 saturated heterocycles. The highest BCUT2D eigenvalue weighted by Gasteiger charge is 2.38. The molecule has 0 bridgehead atoms. The fourth-order valence-electron chi connectivity index (χ4n) is 6.70. The van der Waals surface area contributed by atoms with Crippen molar-refractivity contribution < 1.29 is 22.7 Å². The molecule has 1 aromatic heterocycles. The predicted octanol–water partition coefficient (Wildman–Crippen LogP) is 4.29. The van der Waals surface area contributed by atoms with Gasteiger partial charge >= 0.3 is 12.2 Å². The number of piperazine rings is 1. The lowest BCUT2D eigenvalue weighted by Gasteiger charge is -2.41. The van der Waals surface area contributed by atoms with E-state index in [1.165, 1.54) is 18.2 Å². The maximum atomic E-state index is 13.9. The van der Waals surface area contributed by atoms with Gasteiger partial charge in [0.1, 0.15) is 11.9 Å². The Morgan fingerprint density at radius 2 is 1.98 bits per heavy atom. The van der Waals surface area contributed by atoms with Crippen molar-refractivity contribution in [2.24, 2.45) is 5.92 Å². The summed E-state index contributed by atoms with van der Waals surface area (Å²) in [6, 6.07) is 5.88. The lowest BCUT2D eigenvalue weighted by atomic mass is 10.0. The molecule has 9 nitrogen and oxygen atoms in total. The molecule has 5 rings (SSSR count). The van der Waals surface area contributed by atoms with Gasteiger partial charge in [-0.3, -0.25) is 4.79 Å². The number of benzene rings is 1. The van der Waals surface area contributed by atoms with Crippen LogP contribution in [0.2, 0.25) is 0 Å². The van der Waals surface area contributed by atoms with Crippen molar-refractivity contribution in [2.75, 3.05) is 63.2 Å². The Morgan fingerprint density at radius 3 is 2.70 bits per heavy atom. The van der Waals surface area contributed by atoms with E-state index in [1.807, 2.05) is 0 Å². The van der Waals surface area contributed by atoms with Crippen LogP contribution in [0.25, 0.3) is 4.85 Å². The third-order valence-corrected chi connectivity index (χ3v) is 8.82. The Kier molecular flexibility index (Phi) is 9.11. The zero-order valence-corrected chi connectivity index (χ0v) is 24.7. The van der Waals surface area contributed by atoms with Crippen LogP contribution >= 0.6 is 0 Å². The third-order valence-electron chi connectivity index (χ3n) is 8.82. The average Bonchev–Trinajstić information content (AvgIpc) is 3.48. The lowest BCUT2D eigenvalue weighted by molar-refractivity contribution is -0.137. The molecule has 0 radical (unpaired) electrons. The number of halogens is 3. The first kappa shape index (κ1) is 30.6. The van der Waals surface area contributed by atoms with Gasteiger partial charge in [0.25, 0.3) is 0 Å². The molecule has 12 heteroatoms. The van der Waals surface area contributed by atoms with Crippen molar-refractivity contribution in [2.45, 2.75) is 50.5 Å². The molecule has 2 aromatic rings. The van der Waals surface area contributed by atoms with E-state index in [1.54, 1.807) is 15.9 Å². The van der Waals surface area contributed by atoms with Crippen molar-refractivity contribution >= 4 is 17.4 Å². The van der Waals surface area contributed by atoms with E-state index < -0.39 is 11.7 Å². The second kappa shape index (κ2) is 12.8. The average molecular weight is 598 g/mol. The fourth-order valence-corrected chi connectivity index (χ4v) is 6.70. The summed E-state index contributed by atoms with van der Waals surface area (Å²) in [6.45, 7) is 13.5. The lowest BCUT2D eigenvalue weighted by Crippen LogP contribution is -2.56. The summed E-state index contributed by atoms with van der Waals surface area (Å²) in [5.74, 6) is 0.776. The van der Waals surface area contributed by atoms with Crippen LogP contribution in [0.3, 0.4) is 0 Å². The minimum atomic E-state index is -4.48. The third kappa shape index (κ3) is 6.56. The van der Waals surface area contributed by atoms with Gasteiger partial charge in [0, 0.05) is 49.4 Å². The summed E-state index contributed by atoms with van der Waals surface area (Å²) in [5, 5.41) is 0. The van der Waals surface area contributed by atoms with E-state index in [0.717, 1.165) is 30.9 Å². The van der Waals surface area contributed by atoms with Gasteiger partial charge in [0.2, 0.25) is 12.5 Å². The molecule has 1 aromatic carbocycles. The minimum Gasteiger partial charge on any atom is -0.463 e. The van der Waals surface area contributed by atoms with Gasteiger partial charge in [-0.15, -0.1) is 0 Å². The number of amides is 1. The quantitative estimate of drug-likeness (QED) is 0.332. The Morgan fingerprint density at radius 1 is 1.19 bits per heavy atom. The number of hydrogen-bond acceptors (Lipinski definition) is 7. The van der Waals surface area contributed by atoms with Crippen molar-refractivity contribution in [3.8, 4) is 6.01 Å². The van der Waals surface area contributed by atoms with E-state index in [0.29, 0.717) is 62.7 Å². The normalized spacial score (nSPS) is 22.3. The van der Waals surface area contributed by atoms with Crippen LogP contribution in [-0.4, -0.2) is 91.2 Å². The number of alkyl halides is 3. The SMILES string of the molecule is [C-]#[N+]CC1CN(c2nc(OCC3CCCC3N(C)C)nc3c2CCN(c2ccccc2C(F)(F)F)C3)CCN1C(=O)C=C. The molecule has 1 aliphatic carbocycles. The highest BCUT2D eigenvalue weighted by molar-refractivity contribution is 5.87. The van der Waals surface area contributed by atoms with Gasteiger partial charge in [0.05, 0.1) is 24.4 Å². The summed E-state index contributed by atoms with van der Waals surface area (Å²) in [6.07, 6.45) is 0.495. The molecule has 3 atom stereocenters. The van der Waals surface area contributed by atoms with E-state index >= 15 is 0 Å². The van der Waals surface area contributed by atoms with Crippen LogP contribution in [0, 0.1) is 12.5 Å². The number of carbonyl (C=O) groups is 1. The smallest absolute Gasteiger partial charge is 0.418 e. The molecule has 43 heavy (non-hydrogen) atoms. The van der Waals surface area contributed by atoms with Crippen molar-refractivity contribution in [1.29, 1.82) is 0 Å². The number of nitrogens with zero attached hydrogens (tertiary/aromatic N) is 7. The fraction of sp³-hybridized carbons (Fsp3) is 0.548. The molecule has 230 valence electrons. The Balaban J connectivity index is 1.47. The second-order valence-corrected chi connectivity index (χ2v) is 11.7. The first-order valence-corrected chi connectivity index (χ1v) is 14.7. The minimum absolute atomic E-state index is 0.122. The van der Waals surface area contributed by atoms with Gasteiger partial charge in [0.15, 0.2) is 0 Å². The van der Waals surface area contributed by atoms with Crippen molar-refractivity contribution in [3.05, 3.63) is 65.2 Å². The van der Waals surface area contributed by atoms with E-state index in [9.17, 15) is 18.0 Å². The van der Waals surface area contributed by atoms with Crippen LogP contribution in [0.5, 0.6) is 6.01 Å². The molecular formula is C31H38F3N7O2. The Labute approximate surface area is 250 Å². The topological polar surface area (TPSA) is 69.4 Å². The number of carbonyl (C=O) groups excluding carboxylic acids is 1. The molecule has 2 aliphatic heterocycles. The number of para-hydroxylation sites is 1. The molecule has 3 heterocycles. The Hall–Kier alpha value is -3.85. The zero-order valence-electron chi connectivity index (χ0n) is 24.7. The van der Waals surface area contributed by atoms with Crippen LogP contribution in [0.15, 0.2) is 36.9 Å². The van der Waals surface area contributed by atoms with Gasteiger partial charge in [-0.1, -0.05) is 25.1 Å². The summed E-state index contributed by atoms with van der Waals surface area (Å²) < 4.78 is 47.9. The number of rotatable bonds is 8. The number of fused-ring (bicyclic) bond motifs is 1. The zero-order chi connectivity index (χ0) is 30.7. The largest absolute Gasteiger partial charge is 0.463 e. The summed E-state index contributed by atoms with van der Waals surface area (Å²) in [5.41, 5.74) is 0.942. The molecule has 1 amide bonds. The highest BCUT2D eigenvalue weighted by Crippen LogP contribution is 2.39. The van der Waals surface area contributed by atoms with Crippen molar-refractivity contribution in [1.82, 2.24) is 19.8 Å². The van der Waals surface area contributed by atoms with E-state index in [4.69, 9.17) is 21.3 Å². The van der Waals surface area contributed by atoms with Gasteiger partial charge in [-0.05, 0) is 51.6 Å². The maximum absolute atomic E-state index is 13.9. The van der Waals surface area contributed by atoms with E-state index in [2.05, 4.69) is 35.3 Å². The second-order valence-electron chi connectivity index (χ2n) is 11.7. The maximum Gasteiger partial charge on any atom is 0.418 e.